The number of ether oxygens (including phenoxy) is 2. The quantitative estimate of drug-likeness (QED) is 0.577. The highest BCUT2D eigenvalue weighted by molar-refractivity contribution is 5.92. The second-order valence-electron chi connectivity index (χ2n) is 7.00. The summed E-state index contributed by atoms with van der Waals surface area (Å²) in [6, 6.07) is 0. The van der Waals surface area contributed by atoms with Gasteiger partial charge in [-0.2, -0.15) is 0 Å². The van der Waals surface area contributed by atoms with Gasteiger partial charge in [0.2, 0.25) is 0 Å². The van der Waals surface area contributed by atoms with Gasteiger partial charge in [-0.1, -0.05) is 13.5 Å². The number of ketones is 1. The van der Waals surface area contributed by atoms with E-state index in [0.717, 1.165) is 12.8 Å². The van der Waals surface area contributed by atoms with Crippen LogP contribution in [0.25, 0.3) is 0 Å². The number of esters is 2. The number of hydrogen-bond acceptors (Lipinski definition) is 5. The molecule has 0 aromatic rings. The Labute approximate surface area is 130 Å². The molecule has 3 fully saturated rings. The highest BCUT2D eigenvalue weighted by Gasteiger charge is 2.58. The van der Waals surface area contributed by atoms with Gasteiger partial charge in [0.25, 0.3) is 0 Å². The predicted molar refractivity (Wildman–Crippen MR) is 77.7 cm³/mol. The topological polar surface area (TPSA) is 69.7 Å². The lowest BCUT2D eigenvalue weighted by Crippen LogP contribution is -2.41. The molecule has 0 spiro atoms. The van der Waals surface area contributed by atoms with E-state index in [1.54, 1.807) is 0 Å². The zero-order chi connectivity index (χ0) is 16.1. The van der Waals surface area contributed by atoms with Gasteiger partial charge < -0.3 is 9.47 Å². The maximum Gasteiger partial charge on any atom is 0.334 e. The van der Waals surface area contributed by atoms with Crippen LogP contribution in [0.3, 0.4) is 0 Å². The van der Waals surface area contributed by atoms with Gasteiger partial charge in [-0.25, -0.2) is 4.79 Å². The van der Waals surface area contributed by atoms with Crippen molar-refractivity contribution in [3.8, 4) is 0 Å². The minimum Gasteiger partial charge on any atom is -0.465 e. The standard InChI is InChI=1S/C17H22O5/c1-9-6-14-12(10(2)16(20)22-14)7-17(8-21-11(3)18)13(9)4-5-15(17)19/h9,12-14H,2,4-8H2,1,3H3. The molecule has 3 aliphatic rings. The van der Waals surface area contributed by atoms with Crippen molar-refractivity contribution in [3.05, 3.63) is 12.2 Å². The number of hydrogen-bond donors (Lipinski definition) is 0. The van der Waals surface area contributed by atoms with Crippen LogP contribution in [0.15, 0.2) is 12.2 Å². The molecule has 3 rings (SSSR count). The normalized spacial score (nSPS) is 40.7. The first-order valence-electron chi connectivity index (χ1n) is 7.91. The van der Waals surface area contributed by atoms with Crippen LogP contribution in [-0.4, -0.2) is 30.4 Å². The lowest BCUT2D eigenvalue weighted by molar-refractivity contribution is -0.150. The Balaban J connectivity index is 1.97. The fourth-order valence-electron chi connectivity index (χ4n) is 4.65. The van der Waals surface area contributed by atoms with E-state index in [2.05, 4.69) is 13.5 Å². The predicted octanol–water partition coefficient (Wildman–Crippen LogP) is 2.04. The van der Waals surface area contributed by atoms with Crippen LogP contribution in [0.2, 0.25) is 0 Å². The largest absolute Gasteiger partial charge is 0.465 e. The molecular weight excluding hydrogens is 284 g/mol. The molecule has 5 heteroatoms. The van der Waals surface area contributed by atoms with E-state index >= 15 is 0 Å². The fourth-order valence-corrected chi connectivity index (χ4v) is 4.65. The second kappa shape index (κ2) is 5.21. The average molecular weight is 306 g/mol. The molecule has 5 unspecified atom stereocenters. The van der Waals surface area contributed by atoms with Crippen LogP contribution in [0.5, 0.6) is 0 Å². The molecule has 0 bridgehead atoms. The smallest absolute Gasteiger partial charge is 0.334 e. The number of rotatable bonds is 2. The number of carbonyl (C=O) groups is 3. The summed E-state index contributed by atoms with van der Waals surface area (Å²) in [5.41, 5.74) is -0.221. The van der Waals surface area contributed by atoms with Crippen molar-refractivity contribution in [2.24, 2.45) is 23.2 Å². The van der Waals surface area contributed by atoms with E-state index in [-0.39, 0.29) is 48.2 Å². The maximum absolute atomic E-state index is 12.7. The molecule has 5 atom stereocenters. The van der Waals surface area contributed by atoms with Crippen molar-refractivity contribution >= 4 is 17.7 Å². The van der Waals surface area contributed by atoms with E-state index in [0.29, 0.717) is 18.4 Å². The van der Waals surface area contributed by atoms with Gasteiger partial charge in [0.1, 0.15) is 18.5 Å². The number of fused-ring (bicyclic) bond motifs is 2. The Hall–Kier alpha value is -1.65. The number of carbonyl (C=O) groups excluding carboxylic acids is 3. The van der Waals surface area contributed by atoms with Crippen LogP contribution in [0, 0.1) is 23.2 Å². The van der Waals surface area contributed by atoms with Gasteiger partial charge in [0.15, 0.2) is 0 Å². The Morgan fingerprint density at radius 2 is 2.18 bits per heavy atom. The molecule has 2 saturated carbocycles. The van der Waals surface area contributed by atoms with Crippen molar-refractivity contribution in [1.82, 2.24) is 0 Å². The molecule has 1 saturated heterocycles. The van der Waals surface area contributed by atoms with Gasteiger partial charge in [-0.3, -0.25) is 9.59 Å². The van der Waals surface area contributed by atoms with Crippen molar-refractivity contribution in [3.63, 3.8) is 0 Å². The molecule has 0 aromatic carbocycles. The molecule has 22 heavy (non-hydrogen) atoms. The molecule has 5 nitrogen and oxygen atoms in total. The lowest BCUT2D eigenvalue weighted by atomic mass is 9.69. The fraction of sp³-hybridized carbons (Fsp3) is 0.706. The zero-order valence-corrected chi connectivity index (χ0v) is 13.1. The van der Waals surface area contributed by atoms with Gasteiger partial charge in [-0.15, -0.1) is 0 Å². The van der Waals surface area contributed by atoms with Gasteiger partial charge in [-0.05, 0) is 31.1 Å². The molecule has 0 N–H and O–H groups in total. The SMILES string of the molecule is C=C1C(=O)OC2CC(C)C3CCC(=O)C3(COC(C)=O)CC12. The van der Waals surface area contributed by atoms with Crippen LogP contribution in [0.1, 0.15) is 39.5 Å². The maximum atomic E-state index is 12.7. The second-order valence-corrected chi connectivity index (χ2v) is 7.00. The van der Waals surface area contributed by atoms with Gasteiger partial charge in [0.05, 0.1) is 5.41 Å². The lowest BCUT2D eigenvalue weighted by Gasteiger charge is -2.35. The van der Waals surface area contributed by atoms with Crippen LogP contribution < -0.4 is 0 Å². The van der Waals surface area contributed by atoms with Crippen molar-refractivity contribution in [1.29, 1.82) is 0 Å². The van der Waals surface area contributed by atoms with E-state index in [1.165, 1.54) is 6.92 Å². The van der Waals surface area contributed by atoms with Gasteiger partial charge in [0, 0.05) is 24.8 Å². The van der Waals surface area contributed by atoms with Crippen LogP contribution in [0.4, 0.5) is 0 Å². The summed E-state index contributed by atoms with van der Waals surface area (Å²) in [6.07, 6.45) is 2.40. The van der Waals surface area contributed by atoms with E-state index in [4.69, 9.17) is 9.47 Å². The Kier molecular flexibility index (Phi) is 3.62. The summed E-state index contributed by atoms with van der Waals surface area (Å²) in [6.45, 7) is 7.43. The number of Topliss-reactive ketones (excluding diaryl/α,β-unsaturated/α-hetero) is 1. The minimum atomic E-state index is -0.679. The third-order valence-electron chi connectivity index (χ3n) is 5.77. The molecule has 0 amide bonds. The molecule has 1 aliphatic heterocycles. The molecule has 2 aliphatic carbocycles. The van der Waals surface area contributed by atoms with Crippen molar-refractivity contribution < 1.29 is 23.9 Å². The third-order valence-corrected chi connectivity index (χ3v) is 5.77. The van der Waals surface area contributed by atoms with E-state index < -0.39 is 5.41 Å². The molecule has 0 radical (unpaired) electrons. The van der Waals surface area contributed by atoms with Crippen molar-refractivity contribution in [2.75, 3.05) is 6.61 Å². The first kappa shape index (κ1) is 15.3. The van der Waals surface area contributed by atoms with Crippen molar-refractivity contribution in [2.45, 2.75) is 45.6 Å². The summed E-state index contributed by atoms with van der Waals surface area (Å²) in [4.78, 5) is 35.7. The summed E-state index contributed by atoms with van der Waals surface area (Å²) in [5.74, 6) is -0.296. The Bertz CT molecular complexity index is 551. The highest BCUT2D eigenvalue weighted by Crippen LogP contribution is 2.55. The van der Waals surface area contributed by atoms with Crippen LogP contribution >= 0.6 is 0 Å². The minimum absolute atomic E-state index is 0.112. The highest BCUT2D eigenvalue weighted by atomic mass is 16.6. The third kappa shape index (κ3) is 2.18. The summed E-state index contributed by atoms with van der Waals surface area (Å²) >= 11 is 0. The summed E-state index contributed by atoms with van der Waals surface area (Å²) < 4.78 is 10.7. The molecule has 0 aromatic heterocycles. The molecular formula is C17H22O5. The van der Waals surface area contributed by atoms with E-state index in [9.17, 15) is 14.4 Å². The summed E-state index contributed by atoms with van der Waals surface area (Å²) in [5, 5.41) is 0. The Morgan fingerprint density at radius 3 is 2.86 bits per heavy atom. The molecule has 120 valence electrons. The van der Waals surface area contributed by atoms with E-state index in [1.807, 2.05) is 0 Å². The monoisotopic (exact) mass is 306 g/mol. The molecule has 1 heterocycles. The zero-order valence-electron chi connectivity index (χ0n) is 13.1. The first-order valence-corrected chi connectivity index (χ1v) is 7.91. The average Bonchev–Trinajstić information content (AvgIpc) is 2.85. The summed E-state index contributed by atoms with van der Waals surface area (Å²) in [7, 11) is 0. The Morgan fingerprint density at radius 1 is 1.45 bits per heavy atom. The first-order chi connectivity index (χ1) is 10.3. The van der Waals surface area contributed by atoms with Crippen LogP contribution in [-0.2, 0) is 23.9 Å². The van der Waals surface area contributed by atoms with Gasteiger partial charge >= 0.3 is 11.9 Å².